The van der Waals surface area contributed by atoms with Crippen molar-refractivity contribution in [3.63, 3.8) is 0 Å². The van der Waals surface area contributed by atoms with Gasteiger partial charge in [-0.15, -0.1) is 6.42 Å². The smallest absolute Gasteiger partial charge is 0.408 e. The van der Waals surface area contributed by atoms with Gasteiger partial charge in [-0.3, -0.25) is 0 Å². The Labute approximate surface area is 98.9 Å². The predicted octanol–water partition coefficient (Wildman–Crippen LogP) is 2.95. The quantitative estimate of drug-likeness (QED) is 0.747. The van der Waals surface area contributed by atoms with Crippen molar-refractivity contribution < 1.29 is 9.53 Å². The lowest BCUT2D eigenvalue weighted by molar-refractivity contribution is 0.0513. The first kappa shape index (κ1) is 14.8. The first-order valence-electron chi connectivity index (χ1n) is 5.70. The molecular weight excluding hydrogens is 202 g/mol. The first-order chi connectivity index (χ1) is 7.24. The molecule has 0 saturated heterocycles. The molecule has 1 N–H and O–H groups in total. The number of terminal acetylenes is 1. The highest BCUT2D eigenvalue weighted by atomic mass is 16.6. The molecule has 0 aliphatic rings. The Morgan fingerprint density at radius 2 is 1.94 bits per heavy atom. The fourth-order valence-corrected chi connectivity index (χ4v) is 1.15. The lowest BCUT2D eigenvalue weighted by Gasteiger charge is -2.21. The lowest BCUT2D eigenvalue weighted by Crippen LogP contribution is -2.38. The molecule has 0 aliphatic heterocycles. The van der Waals surface area contributed by atoms with Crippen LogP contribution in [-0.2, 0) is 4.74 Å². The topological polar surface area (TPSA) is 38.3 Å². The molecule has 0 fully saturated rings. The highest BCUT2D eigenvalue weighted by molar-refractivity contribution is 5.68. The Balaban J connectivity index is 4.04. The Kier molecular flexibility index (Phi) is 5.95. The molecule has 3 nitrogen and oxygen atoms in total. The number of hydrogen-bond acceptors (Lipinski definition) is 2. The third-order valence-electron chi connectivity index (χ3n) is 1.92. The SMILES string of the molecule is C#C[C@@H](CCC(C)C)NC(=O)OC(C)(C)C. The number of carbonyl (C=O) groups is 1. The molecule has 0 rings (SSSR count). The largest absolute Gasteiger partial charge is 0.444 e. The van der Waals surface area contributed by atoms with E-state index in [-0.39, 0.29) is 6.04 Å². The van der Waals surface area contributed by atoms with E-state index in [1.54, 1.807) is 0 Å². The molecule has 0 bridgehead atoms. The van der Waals surface area contributed by atoms with Gasteiger partial charge in [0.1, 0.15) is 5.60 Å². The van der Waals surface area contributed by atoms with Crippen molar-refractivity contribution in [1.82, 2.24) is 5.32 Å². The summed E-state index contributed by atoms with van der Waals surface area (Å²) in [7, 11) is 0. The van der Waals surface area contributed by atoms with Crippen molar-refractivity contribution in [3.8, 4) is 12.3 Å². The molecule has 0 unspecified atom stereocenters. The van der Waals surface area contributed by atoms with Gasteiger partial charge in [0.05, 0.1) is 6.04 Å². The van der Waals surface area contributed by atoms with Crippen LogP contribution in [0, 0.1) is 18.3 Å². The number of ether oxygens (including phenoxy) is 1. The highest BCUT2D eigenvalue weighted by Crippen LogP contribution is 2.09. The maximum atomic E-state index is 11.4. The van der Waals surface area contributed by atoms with E-state index in [9.17, 15) is 4.79 Å². The molecule has 0 radical (unpaired) electrons. The average molecular weight is 225 g/mol. The summed E-state index contributed by atoms with van der Waals surface area (Å²) < 4.78 is 5.13. The van der Waals surface area contributed by atoms with Crippen LogP contribution in [0.2, 0.25) is 0 Å². The third-order valence-corrected chi connectivity index (χ3v) is 1.92. The summed E-state index contributed by atoms with van der Waals surface area (Å²) in [5, 5.41) is 2.68. The Bertz CT molecular complexity index is 258. The van der Waals surface area contributed by atoms with E-state index in [1.807, 2.05) is 20.8 Å². The number of nitrogens with one attached hydrogen (secondary N) is 1. The molecule has 0 spiro atoms. The molecule has 1 atom stereocenters. The summed E-state index contributed by atoms with van der Waals surface area (Å²) in [6.07, 6.45) is 6.68. The number of rotatable bonds is 4. The predicted molar refractivity (Wildman–Crippen MR) is 66.1 cm³/mol. The maximum Gasteiger partial charge on any atom is 0.408 e. The van der Waals surface area contributed by atoms with Gasteiger partial charge < -0.3 is 10.1 Å². The Hall–Kier alpha value is -1.17. The van der Waals surface area contributed by atoms with Gasteiger partial charge in [0, 0.05) is 0 Å². The van der Waals surface area contributed by atoms with E-state index in [4.69, 9.17) is 11.2 Å². The fraction of sp³-hybridized carbons (Fsp3) is 0.769. The van der Waals surface area contributed by atoms with Crippen LogP contribution in [0.15, 0.2) is 0 Å². The second kappa shape index (κ2) is 6.42. The van der Waals surface area contributed by atoms with Gasteiger partial charge in [-0.2, -0.15) is 0 Å². The van der Waals surface area contributed by atoms with Crippen molar-refractivity contribution >= 4 is 6.09 Å². The lowest BCUT2D eigenvalue weighted by atomic mass is 10.0. The number of carbonyl (C=O) groups excluding carboxylic acids is 1. The van der Waals surface area contributed by atoms with Gasteiger partial charge in [0.2, 0.25) is 0 Å². The van der Waals surface area contributed by atoms with Crippen LogP contribution in [0.3, 0.4) is 0 Å². The third kappa shape index (κ3) is 8.16. The van der Waals surface area contributed by atoms with E-state index in [2.05, 4.69) is 25.1 Å². The molecule has 16 heavy (non-hydrogen) atoms. The van der Waals surface area contributed by atoms with Crippen LogP contribution in [-0.4, -0.2) is 17.7 Å². The minimum absolute atomic E-state index is 0.239. The first-order valence-corrected chi connectivity index (χ1v) is 5.70. The molecule has 0 heterocycles. The molecular formula is C13H23NO2. The second-order valence-corrected chi connectivity index (χ2v) is 5.34. The molecule has 92 valence electrons. The van der Waals surface area contributed by atoms with Gasteiger partial charge in [0.15, 0.2) is 0 Å². The maximum absolute atomic E-state index is 11.4. The summed E-state index contributed by atoms with van der Waals surface area (Å²) in [5.74, 6) is 3.14. The number of alkyl carbamates (subject to hydrolysis) is 1. The van der Waals surface area contributed by atoms with E-state index in [0.717, 1.165) is 12.8 Å². The molecule has 0 aliphatic carbocycles. The van der Waals surface area contributed by atoms with Crippen LogP contribution >= 0.6 is 0 Å². The average Bonchev–Trinajstić information content (AvgIpc) is 2.08. The van der Waals surface area contributed by atoms with Gasteiger partial charge in [-0.05, 0) is 39.5 Å². The molecule has 0 aromatic carbocycles. The van der Waals surface area contributed by atoms with E-state index >= 15 is 0 Å². The van der Waals surface area contributed by atoms with Gasteiger partial charge in [0.25, 0.3) is 0 Å². The normalized spacial score (nSPS) is 13.1. The van der Waals surface area contributed by atoms with Crippen molar-refractivity contribution in [2.75, 3.05) is 0 Å². The summed E-state index contributed by atoms with van der Waals surface area (Å²) in [6, 6.07) is -0.239. The van der Waals surface area contributed by atoms with Gasteiger partial charge >= 0.3 is 6.09 Å². The zero-order valence-electron chi connectivity index (χ0n) is 11.0. The molecule has 3 heteroatoms. The monoisotopic (exact) mass is 225 g/mol. The fourth-order valence-electron chi connectivity index (χ4n) is 1.15. The van der Waals surface area contributed by atoms with Crippen molar-refractivity contribution in [3.05, 3.63) is 0 Å². The van der Waals surface area contributed by atoms with Crippen LogP contribution < -0.4 is 5.32 Å². The van der Waals surface area contributed by atoms with Crippen LogP contribution in [0.1, 0.15) is 47.5 Å². The van der Waals surface area contributed by atoms with Crippen molar-refractivity contribution in [2.45, 2.75) is 59.1 Å². The zero-order valence-corrected chi connectivity index (χ0v) is 11.0. The number of hydrogen-bond donors (Lipinski definition) is 1. The summed E-state index contributed by atoms with van der Waals surface area (Å²) in [6.45, 7) is 9.73. The summed E-state index contributed by atoms with van der Waals surface area (Å²) >= 11 is 0. The number of amides is 1. The second-order valence-electron chi connectivity index (χ2n) is 5.34. The minimum atomic E-state index is -0.485. The highest BCUT2D eigenvalue weighted by Gasteiger charge is 2.18. The zero-order chi connectivity index (χ0) is 12.8. The van der Waals surface area contributed by atoms with E-state index in [1.165, 1.54) is 0 Å². The van der Waals surface area contributed by atoms with Crippen molar-refractivity contribution in [1.29, 1.82) is 0 Å². The van der Waals surface area contributed by atoms with Crippen molar-refractivity contribution in [2.24, 2.45) is 5.92 Å². The van der Waals surface area contributed by atoms with Crippen LogP contribution in [0.25, 0.3) is 0 Å². The Morgan fingerprint density at radius 1 is 1.38 bits per heavy atom. The molecule has 1 amide bonds. The minimum Gasteiger partial charge on any atom is -0.444 e. The molecule has 0 saturated carbocycles. The van der Waals surface area contributed by atoms with Gasteiger partial charge in [-0.25, -0.2) is 4.79 Å². The molecule has 0 aromatic heterocycles. The van der Waals surface area contributed by atoms with Crippen LogP contribution in [0.4, 0.5) is 4.79 Å². The van der Waals surface area contributed by atoms with E-state index < -0.39 is 11.7 Å². The summed E-state index contributed by atoms with van der Waals surface area (Å²) in [4.78, 5) is 11.4. The Morgan fingerprint density at radius 3 is 2.31 bits per heavy atom. The van der Waals surface area contributed by atoms with Gasteiger partial charge in [-0.1, -0.05) is 19.8 Å². The standard InChI is InChI=1S/C13H23NO2/c1-7-11(9-8-10(2)3)14-12(15)16-13(4,5)6/h1,10-11H,8-9H2,2-6H3,(H,14,15)/t11-/m0/s1. The molecule has 0 aromatic rings. The van der Waals surface area contributed by atoms with Crippen LogP contribution in [0.5, 0.6) is 0 Å². The summed E-state index contributed by atoms with van der Waals surface area (Å²) in [5.41, 5.74) is -0.485. The van der Waals surface area contributed by atoms with E-state index in [0.29, 0.717) is 5.92 Å².